The van der Waals surface area contributed by atoms with Crippen LogP contribution in [0.2, 0.25) is 0 Å². The smallest absolute Gasteiger partial charge is 0.404 e. The van der Waals surface area contributed by atoms with Gasteiger partial charge in [0, 0.05) is 12.1 Å². The predicted octanol–water partition coefficient (Wildman–Crippen LogP) is 1.44. The van der Waals surface area contributed by atoms with Gasteiger partial charge in [0.15, 0.2) is 0 Å². The van der Waals surface area contributed by atoms with Crippen molar-refractivity contribution in [2.75, 3.05) is 5.75 Å². The highest BCUT2D eigenvalue weighted by molar-refractivity contribution is 7.89. The molecule has 1 saturated carbocycles. The Bertz CT molecular complexity index is 430. The van der Waals surface area contributed by atoms with Crippen LogP contribution in [-0.2, 0) is 10.0 Å². The summed E-state index contributed by atoms with van der Waals surface area (Å²) in [5, 5.41) is 10.8. The van der Waals surface area contributed by atoms with E-state index in [-0.39, 0.29) is 6.04 Å². The highest BCUT2D eigenvalue weighted by atomic mass is 32.2. The average molecular weight is 318 g/mol. The minimum atomic E-state index is -4.50. The second kappa shape index (κ2) is 6.61. The van der Waals surface area contributed by atoms with E-state index in [1.165, 1.54) is 0 Å². The number of halogens is 3. The number of carbonyl (C=O) groups is 1. The number of alkyl halides is 3. The van der Waals surface area contributed by atoms with Crippen molar-refractivity contribution in [2.45, 2.75) is 50.4 Å². The van der Waals surface area contributed by atoms with Crippen LogP contribution >= 0.6 is 0 Å². The quantitative estimate of drug-likeness (QED) is 0.715. The molecule has 6 nitrogen and oxygen atoms in total. The second-order valence-corrected chi connectivity index (χ2v) is 6.67. The van der Waals surface area contributed by atoms with Gasteiger partial charge in [0.2, 0.25) is 10.0 Å². The molecule has 0 aliphatic heterocycles. The molecule has 1 amide bonds. The Kier molecular flexibility index (Phi) is 5.63. The fraction of sp³-hybridized carbons (Fsp3) is 0.900. The van der Waals surface area contributed by atoms with Crippen LogP contribution in [0, 0.1) is 0 Å². The molecule has 0 unspecified atom stereocenters. The number of hydrogen-bond acceptors (Lipinski definition) is 3. The molecule has 0 atom stereocenters. The van der Waals surface area contributed by atoms with Gasteiger partial charge in [-0.05, 0) is 25.7 Å². The Labute approximate surface area is 114 Å². The molecule has 0 aromatic heterocycles. The first-order chi connectivity index (χ1) is 9.07. The zero-order valence-electron chi connectivity index (χ0n) is 10.6. The van der Waals surface area contributed by atoms with E-state index < -0.39 is 40.5 Å². The first kappa shape index (κ1) is 17.0. The van der Waals surface area contributed by atoms with Gasteiger partial charge in [0.25, 0.3) is 0 Å². The molecule has 118 valence electrons. The molecule has 1 aliphatic rings. The lowest BCUT2D eigenvalue weighted by Gasteiger charge is -2.28. The van der Waals surface area contributed by atoms with Crippen molar-refractivity contribution in [3.63, 3.8) is 0 Å². The van der Waals surface area contributed by atoms with Gasteiger partial charge in [-0.1, -0.05) is 0 Å². The monoisotopic (exact) mass is 318 g/mol. The molecule has 0 radical (unpaired) electrons. The molecular weight excluding hydrogens is 301 g/mol. The molecule has 0 spiro atoms. The van der Waals surface area contributed by atoms with Gasteiger partial charge in [0.05, 0.1) is 12.2 Å². The standard InChI is InChI=1S/C10H17F3N2O4S/c11-10(12,13)5-6-20(18,19)15-8-3-1-7(2-4-8)14-9(16)17/h7-8,14-15H,1-6H2,(H,16,17)/t7-,8-. The summed E-state index contributed by atoms with van der Waals surface area (Å²) in [6.45, 7) is 0. The Morgan fingerprint density at radius 1 is 1.15 bits per heavy atom. The Morgan fingerprint density at radius 3 is 2.10 bits per heavy atom. The van der Waals surface area contributed by atoms with E-state index in [0.717, 1.165) is 0 Å². The van der Waals surface area contributed by atoms with E-state index in [9.17, 15) is 26.4 Å². The summed E-state index contributed by atoms with van der Waals surface area (Å²) in [4.78, 5) is 10.4. The molecule has 10 heteroatoms. The fourth-order valence-corrected chi connectivity index (χ4v) is 3.45. The zero-order chi connectivity index (χ0) is 15.4. The largest absolute Gasteiger partial charge is 0.465 e. The maximum atomic E-state index is 12.0. The molecule has 1 aliphatic carbocycles. The highest BCUT2D eigenvalue weighted by Gasteiger charge is 2.31. The van der Waals surface area contributed by atoms with E-state index in [2.05, 4.69) is 10.0 Å². The maximum Gasteiger partial charge on any atom is 0.404 e. The van der Waals surface area contributed by atoms with Crippen LogP contribution in [0.25, 0.3) is 0 Å². The predicted molar refractivity (Wildman–Crippen MR) is 64.8 cm³/mol. The Morgan fingerprint density at radius 2 is 1.65 bits per heavy atom. The summed E-state index contributed by atoms with van der Waals surface area (Å²) < 4.78 is 61.1. The van der Waals surface area contributed by atoms with Crippen LogP contribution in [0.3, 0.4) is 0 Å². The zero-order valence-corrected chi connectivity index (χ0v) is 11.4. The van der Waals surface area contributed by atoms with E-state index >= 15 is 0 Å². The van der Waals surface area contributed by atoms with Crippen molar-refractivity contribution in [1.29, 1.82) is 0 Å². The van der Waals surface area contributed by atoms with Crippen molar-refractivity contribution in [3.05, 3.63) is 0 Å². The molecule has 20 heavy (non-hydrogen) atoms. The summed E-state index contributed by atoms with van der Waals surface area (Å²) in [6.07, 6.45) is -5.31. The summed E-state index contributed by atoms with van der Waals surface area (Å²) in [5.74, 6) is -0.982. The minimum absolute atomic E-state index is 0.233. The molecule has 1 rings (SSSR count). The number of rotatable bonds is 5. The Hall–Kier alpha value is -1.03. The van der Waals surface area contributed by atoms with Gasteiger partial charge in [0.1, 0.15) is 0 Å². The average Bonchev–Trinajstić information content (AvgIpc) is 2.28. The lowest BCUT2D eigenvalue weighted by Crippen LogP contribution is -2.44. The normalized spacial score (nSPS) is 24.4. The van der Waals surface area contributed by atoms with Crippen LogP contribution in [-0.4, -0.2) is 43.6 Å². The number of nitrogens with one attached hydrogen (secondary N) is 2. The number of sulfonamides is 1. The third-order valence-electron chi connectivity index (χ3n) is 3.06. The van der Waals surface area contributed by atoms with E-state index in [0.29, 0.717) is 25.7 Å². The first-order valence-electron chi connectivity index (χ1n) is 6.13. The summed E-state index contributed by atoms with van der Waals surface area (Å²) in [7, 11) is -3.96. The van der Waals surface area contributed by atoms with Crippen LogP contribution in [0.1, 0.15) is 32.1 Å². The van der Waals surface area contributed by atoms with Crippen molar-refractivity contribution < 1.29 is 31.5 Å². The molecular formula is C10H17F3N2O4S. The number of carboxylic acid groups (broad SMARTS) is 1. The van der Waals surface area contributed by atoms with Gasteiger partial charge in [-0.15, -0.1) is 0 Å². The maximum absolute atomic E-state index is 12.0. The van der Waals surface area contributed by atoms with Crippen molar-refractivity contribution in [3.8, 4) is 0 Å². The topological polar surface area (TPSA) is 95.5 Å². The second-order valence-electron chi connectivity index (χ2n) is 4.80. The van der Waals surface area contributed by atoms with Crippen molar-refractivity contribution >= 4 is 16.1 Å². The molecule has 0 bridgehead atoms. The number of hydrogen-bond donors (Lipinski definition) is 3. The lowest BCUT2D eigenvalue weighted by molar-refractivity contribution is -0.130. The van der Waals surface area contributed by atoms with E-state index in [4.69, 9.17) is 5.11 Å². The van der Waals surface area contributed by atoms with Crippen LogP contribution in [0.5, 0.6) is 0 Å². The summed E-state index contributed by atoms with van der Waals surface area (Å²) in [6, 6.07) is -0.663. The lowest BCUT2D eigenvalue weighted by atomic mass is 9.92. The van der Waals surface area contributed by atoms with Crippen LogP contribution in [0.15, 0.2) is 0 Å². The van der Waals surface area contributed by atoms with E-state index in [1.807, 2.05) is 0 Å². The number of amides is 1. The summed E-state index contributed by atoms with van der Waals surface area (Å²) >= 11 is 0. The molecule has 1 fully saturated rings. The third-order valence-corrected chi connectivity index (χ3v) is 4.49. The molecule has 0 aromatic rings. The molecule has 0 saturated heterocycles. The van der Waals surface area contributed by atoms with Gasteiger partial charge in [-0.25, -0.2) is 17.9 Å². The van der Waals surface area contributed by atoms with Gasteiger partial charge < -0.3 is 10.4 Å². The van der Waals surface area contributed by atoms with Crippen molar-refractivity contribution in [2.24, 2.45) is 0 Å². The highest BCUT2D eigenvalue weighted by Crippen LogP contribution is 2.22. The third kappa shape index (κ3) is 6.94. The summed E-state index contributed by atoms with van der Waals surface area (Å²) in [5.41, 5.74) is 0. The van der Waals surface area contributed by atoms with E-state index in [1.54, 1.807) is 0 Å². The first-order valence-corrected chi connectivity index (χ1v) is 7.79. The minimum Gasteiger partial charge on any atom is -0.465 e. The van der Waals surface area contributed by atoms with Gasteiger partial charge >= 0.3 is 12.3 Å². The van der Waals surface area contributed by atoms with Gasteiger partial charge in [-0.2, -0.15) is 13.2 Å². The SMILES string of the molecule is O=C(O)N[C@H]1CC[C@H](NS(=O)(=O)CCC(F)(F)F)CC1. The van der Waals surface area contributed by atoms with Crippen LogP contribution in [0.4, 0.5) is 18.0 Å². The Balaban J connectivity index is 2.37. The molecule has 0 heterocycles. The van der Waals surface area contributed by atoms with Crippen LogP contribution < -0.4 is 10.0 Å². The van der Waals surface area contributed by atoms with Crippen molar-refractivity contribution in [1.82, 2.24) is 10.0 Å². The van der Waals surface area contributed by atoms with Gasteiger partial charge in [-0.3, -0.25) is 0 Å². The molecule has 3 N–H and O–H groups in total. The molecule has 0 aromatic carbocycles. The fourth-order valence-electron chi connectivity index (χ4n) is 2.09.